The van der Waals surface area contributed by atoms with Crippen LogP contribution in [-0.4, -0.2) is 24.0 Å². The van der Waals surface area contributed by atoms with Crippen LogP contribution in [-0.2, 0) is 0 Å². The van der Waals surface area contributed by atoms with Crippen molar-refractivity contribution in [1.29, 1.82) is 0 Å². The number of carbonyl (C=O) groups is 2. The van der Waals surface area contributed by atoms with Crippen molar-refractivity contribution in [3.05, 3.63) is 70.9 Å². The molecule has 0 aliphatic carbocycles. The van der Waals surface area contributed by atoms with Crippen molar-refractivity contribution < 1.29 is 19.1 Å². The summed E-state index contributed by atoms with van der Waals surface area (Å²) in [5, 5.41) is 5.91. The minimum atomic E-state index is -0.603. The van der Waals surface area contributed by atoms with Crippen molar-refractivity contribution in [2.75, 3.05) is 17.7 Å². The summed E-state index contributed by atoms with van der Waals surface area (Å²) in [5.41, 5.74) is 7.30. The first-order chi connectivity index (χ1) is 14.4. The maximum absolute atomic E-state index is 12.3. The summed E-state index contributed by atoms with van der Waals surface area (Å²) in [4.78, 5) is 27.9. The normalized spacial score (nSPS) is 10.2. The van der Waals surface area contributed by atoms with Gasteiger partial charge in [-0.15, -0.1) is 0 Å². The molecule has 0 bridgehead atoms. The maximum atomic E-state index is 12.3. The second kappa shape index (κ2) is 9.15. The number of ether oxygens (including phenoxy) is 2. The molecule has 3 aromatic rings. The molecule has 9 heteroatoms. The van der Waals surface area contributed by atoms with E-state index in [1.165, 1.54) is 13.3 Å². The van der Waals surface area contributed by atoms with Crippen molar-refractivity contribution in [2.45, 2.75) is 6.92 Å². The van der Waals surface area contributed by atoms with E-state index in [1.54, 1.807) is 48.5 Å². The molecule has 0 saturated carbocycles. The molecule has 4 N–H and O–H groups in total. The number of nitrogens with one attached hydrogen (secondary N) is 2. The molecule has 154 valence electrons. The van der Waals surface area contributed by atoms with Crippen LogP contribution in [0, 0.1) is 6.92 Å². The van der Waals surface area contributed by atoms with Gasteiger partial charge in [-0.2, -0.15) is 0 Å². The minimum absolute atomic E-state index is 0.240. The van der Waals surface area contributed by atoms with E-state index in [0.717, 1.165) is 5.56 Å². The van der Waals surface area contributed by atoms with Gasteiger partial charge in [-0.3, -0.25) is 4.79 Å². The predicted octanol–water partition coefficient (Wildman–Crippen LogP) is 4.59. The smallest absolute Gasteiger partial charge is 0.323 e. The van der Waals surface area contributed by atoms with Crippen molar-refractivity contribution in [2.24, 2.45) is 5.73 Å². The fraction of sp³-hybridized carbons (Fsp3) is 0.0952. The van der Waals surface area contributed by atoms with Gasteiger partial charge in [-0.25, -0.2) is 9.78 Å². The molecule has 2 aromatic carbocycles. The first kappa shape index (κ1) is 20.9. The number of amides is 3. The molecular weight excluding hydrogens is 408 g/mol. The molecule has 0 atom stereocenters. The zero-order chi connectivity index (χ0) is 21.7. The van der Waals surface area contributed by atoms with Crippen LogP contribution < -0.4 is 25.8 Å². The lowest BCUT2D eigenvalue weighted by molar-refractivity contribution is 0.0998. The fourth-order valence-electron chi connectivity index (χ4n) is 2.60. The molecule has 1 heterocycles. The molecule has 1 aromatic heterocycles. The Kier molecular flexibility index (Phi) is 6.38. The number of anilines is 2. The van der Waals surface area contributed by atoms with Crippen molar-refractivity contribution in [3.8, 4) is 17.4 Å². The first-order valence-corrected chi connectivity index (χ1v) is 9.20. The average molecular weight is 427 g/mol. The van der Waals surface area contributed by atoms with E-state index in [-0.39, 0.29) is 11.4 Å². The van der Waals surface area contributed by atoms with Crippen molar-refractivity contribution in [1.82, 2.24) is 4.98 Å². The summed E-state index contributed by atoms with van der Waals surface area (Å²) in [6, 6.07) is 12.6. The van der Waals surface area contributed by atoms with Gasteiger partial charge in [0.15, 0.2) is 0 Å². The molecular formula is C21H19ClN4O4. The van der Waals surface area contributed by atoms with E-state index in [4.69, 9.17) is 26.8 Å². The summed E-state index contributed by atoms with van der Waals surface area (Å²) >= 11 is 6.08. The molecule has 0 aliphatic rings. The molecule has 0 radical (unpaired) electrons. The summed E-state index contributed by atoms with van der Waals surface area (Å²) in [7, 11) is 1.49. The number of pyridine rings is 1. The number of primary amides is 1. The van der Waals surface area contributed by atoms with Crippen LogP contribution in [0.4, 0.5) is 16.2 Å². The highest BCUT2D eigenvalue weighted by molar-refractivity contribution is 6.31. The lowest BCUT2D eigenvalue weighted by Crippen LogP contribution is -2.20. The average Bonchev–Trinajstić information content (AvgIpc) is 2.72. The number of aromatic nitrogens is 1. The molecule has 8 nitrogen and oxygen atoms in total. The van der Waals surface area contributed by atoms with E-state index in [1.807, 2.05) is 6.92 Å². The summed E-state index contributed by atoms with van der Waals surface area (Å²) < 4.78 is 10.9. The number of methoxy groups -OCH3 is 1. The molecule has 30 heavy (non-hydrogen) atoms. The summed E-state index contributed by atoms with van der Waals surface area (Å²) in [6.07, 6.45) is 1.42. The number of nitrogens with two attached hydrogens (primary N) is 1. The fourth-order valence-corrected chi connectivity index (χ4v) is 2.75. The topological polar surface area (TPSA) is 116 Å². The van der Waals surface area contributed by atoms with Gasteiger partial charge in [-0.05, 0) is 36.8 Å². The van der Waals surface area contributed by atoms with E-state index < -0.39 is 11.9 Å². The highest BCUT2D eigenvalue weighted by Gasteiger charge is 2.12. The lowest BCUT2D eigenvalue weighted by Gasteiger charge is -2.13. The van der Waals surface area contributed by atoms with E-state index in [9.17, 15) is 9.59 Å². The van der Waals surface area contributed by atoms with Crippen LogP contribution in [0.1, 0.15) is 15.9 Å². The monoisotopic (exact) mass is 426 g/mol. The van der Waals surface area contributed by atoms with Crippen molar-refractivity contribution >= 4 is 34.9 Å². The largest absolute Gasteiger partial charge is 0.495 e. The van der Waals surface area contributed by atoms with Gasteiger partial charge in [0.2, 0.25) is 5.88 Å². The molecule has 3 amide bonds. The van der Waals surface area contributed by atoms with Gasteiger partial charge in [0.05, 0.1) is 30.2 Å². The predicted molar refractivity (Wildman–Crippen MR) is 115 cm³/mol. The lowest BCUT2D eigenvalue weighted by atomic mass is 10.2. The second-order valence-electron chi connectivity index (χ2n) is 6.23. The summed E-state index contributed by atoms with van der Waals surface area (Å²) in [5.74, 6) is 0.370. The number of nitrogens with zero attached hydrogens (tertiary/aromatic N) is 1. The highest BCUT2D eigenvalue weighted by Crippen LogP contribution is 2.31. The van der Waals surface area contributed by atoms with Gasteiger partial charge < -0.3 is 25.8 Å². The Bertz CT molecular complexity index is 1090. The number of carbonyl (C=O) groups excluding carboxylic acids is 2. The SMILES string of the molecule is COc1cc(Cl)c(C)cc1NC(=O)Nc1ccc(Oc2ccccc2C(N)=O)nc1. The molecule has 3 rings (SSSR count). The number of hydrogen-bond donors (Lipinski definition) is 3. The number of hydrogen-bond acceptors (Lipinski definition) is 5. The van der Waals surface area contributed by atoms with Gasteiger partial charge in [0.1, 0.15) is 11.5 Å². The summed E-state index contributed by atoms with van der Waals surface area (Å²) in [6.45, 7) is 1.82. The van der Waals surface area contributed by atoms with Gasteiger partial charge in [0.25, 0.3) is 5.91 Å². The Labute approximate surface area is 178 Å². The van der Waals surface area contributed by atoms with Crippen LogP contribution in [0.2, 0.25) is 5.02 Å². The third kappa shape index (κ3) is 4.98. The van der Waals surface area contributed by atoms with Gasteiger partial charge in [-0.1, -0.05) is 23.7 Å². The number of benzene rings is 2. The van der Waals surface area contributed by atoms with Crippen LogP contribution in [0.5, 0.6) is 17.4 Å². The number of aryl methyl sites for hydroxylation is 1. The van der Waals surface area contributed by atoms with Crippen molar-refractivity contribution in [3.63, 3.8) is 0 Å². The Balaban J connectivity index is 1.67. The molecule has 0 fully saturated rings. The number of rotatable bonds is 6. The number of halogens is 1. The van der Waals surface area contributed by atoms with Gasteiger partial charge >= 0.3 is 6.03 Å². The first-order valence-electron chi connectivity index (χ1n) is 8.82. The Morgan fingerprint density at radius 2 is 1.83 bits per heavy atom. The molecule has 0 spiro atoms. The third-order valence-electron chi connectivity index (χ3n) is 4.09. The zero-order valence-corrected chi connectivity index (χ0v) is 17.0. The molecule has 0 aliphatic heterocycles. The quantitative estimate of drug-likeness (QED) is 0.533. The van der Waals surface area contributed by atoms with E-state index >= 15 is 0 Å². The number of para-hydroxylation sites is 1. The highest BCUT2D eigenvalue weighted by atomic mass is 35.5. The second-order valence-corrected chi connectivity index (χ2v) is 6.64. The van der Waals surface area contributed by atoms with Crippen LogP contribution >= 0.6 is 11.6 Å². The maximum Gasteiger partial charge on any atom is 0.323 e. The Hall–Kier alpha value is -3.78. The molecule has 0 unspecified atom stereocenters. The molecule has 0 saturated heterocycles. The minimum Gasteiger partial charge on any atom is -0.495 e. The van der Waals surface area contributed by atoms with E-state index in [0.29, 0.717) is 27.9 Å². The van der Waals surface area contributed by atoms with Crippen LogP contribution in [0.25, 0.3) is 0 Å². The van der Waals surface area contributed by atoms with Crippen LogP contribution in [0.15, 0.2) is 54.7 Å². The number of urea groups is 1. The van der Waals surface area contributed by atoms with E-state index in [2.05, 4.69) is 15.6 Å². The Morgan fingerprint density at radius 1 is 1.07 bits per heavy atom. The zero-order valence-electron chi connectivity index (χ0n) is 16.2. The Morgan fingerprint density at radius 3 is 2.50 bits per heavy atom. The van der Waals surface area contributed by atoms with Crippen LogP contribution in [0.3, 0.4) is 0 Å². The van der Waals surface area contributed by atoms with Gasteiger partial charge in [0, 0.05) is 17.2 Å². The standard InChI is InChI=1S/C21H19ClN4O4/c1-12-9-16(18(29-2)10-15(12)22)26-21(28)25-13-7-8-19(24-11-13)30-17-6-4-3-5-14(17)20(23)27/h3-11H,1-2H3,(H2,23,27)(H2,25,26,28). The third-order valence-corrected chi connectivity index (χ3v) is 4.50.